The summed E-state index contributed by atoms with van der Waals surface area (Å²) in [7, 11) is 1.58. The van der Waals surface area contributed by atoms with Gasteiger partial charge in [-0.25, -0.2) is 9.38 Å². The number of guanidine groups is 1. The third-order valence-corrected chi connectivity index (χ3v) is 3.06. The quantitative estimate of drug-likeness (QED) is 0.204. The Balaban J connectivity index is 0.00000625. The number of carbonyl (C=O) groups is 1. The van der Waals surface area contributed by atoms with E-state index in [0.717, 1.165) is 0 Å². The normalized spacial score (nSPS) is 11.9. The van der Waals surface area contributed by atoms with Crippen LogP contribution in [0.3, 0.4) is 0 Å². The highest BCUT2D eigenvalue weighted by molar-refractivity contribution is 14.0. The molecule has 1 aromatic rings. The first-order valence-electron chi connectivity index (χ1n) is 8.25. The first-order chi connectivity index (χ1) is 12.0. The molecular formula is C17H28FIN4O3. The molecule has 0 aliphatic heterocycles. The minimum Gasteiger partial charge on any atom is -0.489 e. The number of ether oxygens (including phenoxy) is 2. The summed E-state index contributed by atoms with van der Waals surface area (Å²) < 4.78 is 23.4. The molecule has 3 N–H and O–H groups in total. The van der Waals surface area contributed by atoms with Gasteiger partial charge in [-0.3, -0.25) is 4.79 Å². The third kappa shape index (κ3) is 11.1. The maximum absolute atomic E-state index is 12.9. The highest BCUT2D eigenvalue weighted by atomic mass is 127. The van der Waals surface area contributed by atoms with Gasteiger partial charge in [0, 0.05) is 20.2 Å². The summed E-state index contributed by atoms with van der Waals surface area (Å²) in [4.78, 5) is 15.9. The number of rotatable bonds is 10. The van der Waals surface area contributed by atoms with E-state index in [1.54, 1.807) is 19.2 Å². The van der Waals surface area contributed by atoms with Crippen molar-refractivity contribution in [3.63, 3.8) is 0 Å². The van der Waals surface area contributed by atoms with Crippen molar-refractivity contribution < 1.29 is 18.7 Å². The van der Waals surface area contributed by atoms with Crippen LogP contribution >= 0.6 is 24.0 Å². The Labute approximate surface area is 171 Å². The molecule has 1 amide bonds. The summed E-state index contributed by atoms with van der Waals surface area (Å²) in [6.07, 6.45) is -0.162. The molecule has 1 unspecified atom stereocenters. The highest BCUT2D eigenvalue weighted by Gasteiger charge is 2.07. The van der Waals surface area contributed by atoms with E-state index in [1.807, 2.05) is 13.8 Å². The molecule has 26 heavy (non-hydrogen) atoms. The Morgan fingerprint density at radius 2 is 1.92 bits per heavy atom. The first kappa shape index (κ1) is 24.4. The van der Waals surface area contributed by atoms with E-state index in [1.165, 1.54) is 12.1 Å². The van der Waals surface area contributed by atoms with Gasteiger partial charge in [0.2, 0.25) is 5.91 Å². The summed E-state index contributed by atoms with van der Waals surface area (Å²) in [5, 5.41) is 8.87. The van der Waals surface area contributed by atoms with Crippen molar-refractivity contribution in [1.82, 2.24) is 16.0 Å². The summed E-state index contributed by atoms with van der Waals surface area (Å²) in [6.45, 7) is 5.92. The minimum absolute atomic E-state index is 0. The fourth-order valence-electron chi connectivity index (χ4n) is 1.87. The predicted molar refractivity (Wildman–Crippen MR) is 111 cm³/mol. The largest absolute Gasteiger partial charge is 0.489 e. The van der Waals surface area contributed by atoms with Gasteiger partial charge in [-0.05, 0) is 38.1 Å². The summed E-state index contributed by atoms with van der Waals surface area (Å²) in [5.74, 6) is 0.641. The lowest BCUT2D eigenvalue weighted by molar-refractivity contribution is -0.119. The second-order valence-corrected chi connectivity index (χ2v) is 5.30. The molecule has 0 heterocycles. The van der Waals surface area contributed by atoms with Gasteiger partial charge in [0.05, 0.1) is 13.2 Å². The maximum atomic E-state index is 12.9. The van der Waals surface area contributed by atoms with Gasteiger partial charge in [-0.1, -0.05) is 0 Å². The molecule has 1 aromatic carbocycles. The van der Waals surface area contributed by atoms with Crippen LogP contribution in [-0.4, -0.2) is 57.9 Å². The SMILES string of the molecule is CCNC(=NCC(=O)NCCOC)NCC(C)Oc1ccc(F)cc1.I. The van der Waals surface area contributed by atoms with E-state index in [4.69, 9.17) is 9.47 Å². The van der Waals surface area contributed by atoms with Crippen LogP contribution in [0.5, 0.6) is 5.75 Å². The summed E-state index contributed by atoms with van der Waals surface area (Å²) >= 11 is 0. The second kappa shape index (κ2) is 14.5. The monoisotopic (exact) mass is 482 g/mol. The smallest absolute Gasteiger partial charge is 0.241 e. The topological polar surface area (TPSA) is 84.0 Å². The average molecular weight is 482 g/mol. The lowest BCUT2D eigenvalue weighted by Gasteiger charge is -2.17. The zero-order valence-electron chi connectivity index (χ0n) is 15.4. The van der Waals surface area contributed by atoms with Crippen molar-refractivity contribution in [2.45, 2.75) is 20.0 Å². The van der Waals surface area contributed by atoms with Crippen molar-refractivity contribution in [3.05, 3.63) is 30.1 Å². The van der Waals surface area contributed by atoms with Crippen LogP contribution in [0.25, 0.3) is 0 Å². The van der Waals surface area contributed by atoms with Gasteiger partial charge in [-0.15, -0.1) is 24.0 Å². The van der Waals surface area contributed by atoms with Crippen LogP contribution in [0.1, 0.15) is 13.8 Å². The lowest BCUT2D eigenvalue weighted by atomic mass is 10.3. The highest BCUT2D eigenvalue weighted by Crippen LogP contribution is 2.12. The maximum Gasteiger partial charge on any atom is 0.241 e. The molecule has 0 aromatic heterocycles. The summed E-state index contributed by atoms with van der Waals surface area (Å²) in [6, 6.07) is 5.86. The van der Waals surface area contributed by atoms with Gasteiger partial charge in [0.25, 0.3) is 0 Å². The number of carbonyl (C=O) groups excluding carboxylic acids is 1. The van der Waals surface area contributed by atoms with Crippen LogP contribution in [0.2, 0.25) is 0 Å². The Morgan fingerprint density at radius 3 is 2.54 bits per heavy atom. The number of aliphatic imine (C=N–C) groups is 1. The van der Waals surface area contributed by atoms with Gasteiger partial charge in [0.1, 0.15) is 24.2 Å². The fraction of sp³-hybridized carbons (Fsp3) is 0.529. The molecular weight excluding hydrogens is 454 g/mol. The van der Waals surface area contributed by atoms with Crippen LogP contribution in [0.4, 0.5) is 4.39 Å². The fourth-order valence-corrected chi connectivity index (χ4v) is 1.87. The molecule has 7 nitrogen and oxygen atoms in total. The Hall–Kier alpha value is -1.62. The Morgan fingerprint density at radius 1 is 1.23 bits per heavy atom. The Kier molecular flexibility index (Phi) is 13.6. The van der Waals surface area contributed by atoms with Gasteiger partial charge in [-0.2, -0.15) is 0 Å². The number of halogens is 2. The molecule has 0 bridgehead atoms. The second-order valence-electron chi connectivity index (χ2n) is 5.30. The predicted octanol–water partition coefficient (Wildman–Crippen LogP) is 1.53. The Bertz CT molecular complexity index is 543. The molecule has 0 radical (unpaired) electrons. The molecule has 0 aliphatic carbocycles. The summed E-state index contributed by atoms with van der Waals surface area (Å²) in [5.41, 5.74) is 0. The van der Waals surface area contributed by atoms with E-state index in [-0.39, 0.29) is 48.3 Å². The van der Waals surface area contributed by atoms with Crippen LogP contribution < -0.4 is 20.7 Å². The molecule has 0 saturated carbocycles. The number of hydrogen-bond donors (Lipinski definition) is 3. The number of hydrogen-bond acceptors (Lipinski definition) is 4. The molecule has 1 atom stereocenters. The van der Waals surface area contributed by atoms with E-state index < -0.39 is 0 Å². The van der Waals surface area contributed by atoms with E-state index >= 15 is 0 Å². The van der Waals surface area contributed by atoms with Gasteiger partial charge < -0.3 is 25.4 Å². The standard InChI is InChI=1S/C17H27FN4O3.HI/c1-4-19-17(22-12-16(23)20-9-10-24-3)21-11-13(2)25-15-7-5-14(18)6-8-15;/h5-8,13H,4,9-12H2,1-3H3,(H,20,23)(H2,19,21,22);1H. The molecule has 0 spiro atoms. The number of methoxy groups -OCH3 is 1. The third-order valence-electron chi connectivity index (χ3n) is 3.06. The zero-order chi connectivity index (χ0) is 18.5. The molecule has 1 rings (SSSR count). The lowest BCUT2D eigenvalue weighted by Crippen LogP contribution is -2.42. The minimum atomic E-state index is -0.302. The van der Waals surface area contributed by atoms with Crippen molar-refractivity contribution in [1.29, 1.82) is 0 Å². The van der Waals surface area contributed by atoms with Crippen LogP contribution in [0, 0.1) is 5.82 Å². The van der Waals surface area contributed by atoms with E-state index in [9.17, 15) is 9.18 Å². The number of nitrogens with one attached hydrogen (secondary N) is 3. The van der Waals surface area contributed by atoms with Crippen LogP contribution in [-0.2, 0) is 9.53 Å². The van der Waals surface area contributed by atoms with E-state index in [0.29, 0.717) is 38.0 Å². The molecule has 9 heteroatoms. The molecule has 148 valence electrons. The van der Waals surface area contributed by atoms with Crippen molar-refractivity contribution in [2.24, 2.45) is 4.99 Å². The van der Waals surface area contributed by atoms with Crippen molar-refractivity contribution in [3.8, 4) is 5.75 Å². The number of amides is 1. The molecule has 0 saturated heterocycles. The van der Waals surface area contributed by atoms with Crippen molar-refractivity contribution >= 4 is 35.8 Å². The first-order valence-corrected chi connectivity index (χ1v) is 8.25. The molecule has 0 fully saturated rings. The number of nitrogens with zero attached hydrogens (tertiary/aromatic N) is 1. The van der Waals surface area contributed by atoms with Crippen molar-refractivity contribution in [2.75, 3.05) is 39.9 Å². The van der Waals surface area contributed by atoms with E-state index in [2.05, 4.69) is 20.9 Å². The van der Waals surface area contributed by atoms with Gasteiger partial charge in [0.15, 0.2) is 5.96 Å². The zero-order valence-corrected chi connectivity index (χ0v) is 17.7. The number of benzene rings is 1. The molecule has 0 aliphatic rings. The average Bonchev–Trinajstić information content (AvgIpc) is 2.59. The van der Waals surface area contributed by atoms with Crippen LogP contribution in [0.15, 0.2) is 29.3 Å². The van der Waals surface area contributed by atoms with Gasteiger partial charge >= 0.3 is 0 Å².